The average molecular weight is 296 g/mol. The minimum atomic E-state index is -1.12. The van der Waals surface area contributed by atoms with E-state index in [1.165, 1.54) is 17.0 Å². The molecule has 114 valence electrons. The molecule has 8 heteroatoms. The molecule has 0 aromatic heterocycles. The summed E-state index contributed by atoms with van der Waals surface area (Å²) in [5, 5.41) is 30.2. The summed E-state index contributed by atoms with van der Waals surface area (Å²) in [6.45, 7) is 2.00. The van der Waals surface area contributed by atoms with Crippen LogP contribution in [0.2, 0.25) is 0 Å². The number of para-hydroxylation sites is 1. The van der Waals surface area contributed by atoms with Gasteiger partial charge in [-0.05, 0) is 19.1 Å². The lowest BCUT2D eigenvalue weighted by Gasteiger charge is -2.23. The summed E-state index contributed by atoms with van der Waals surface area (Å²) in [4.78, 5) is 23.3. The van der Waals surface area contributed by atoms with Crippen molar-refractivity contribution in [1.29, 1.82) is 0 Å². The summed E-state index contributed by atoms with van der Waals surface area (Å²) < 4.78 is 5.24. The van der Waals surface area contributed by atoms with Crippen LogP contribution < -0.4 is 9.64 Å². The lowest BCUT2D eigenvalue weighted by atomic mass is 10.1. The van der Waals surface area contributed by atoms with Crippen LogP contribution >= 0.6 is 0 Å². The Hall–Kier alpha value is -2.35. The maximum atomic E-state index is 11.3. The third kappa shape index (κ3) is 2.89. The monoisotopic (exact) mass is 296 g/mol. The molecule has 8 nitrogen and oxygen atoms in total. The van der Waals surface area contributed by atoms with Crippen molar-refractivity contribution < 1.29 is 24.7 Å². The van der Waals surface area contributed by atoms with Gasteiger partial charge in [-0.15, -0.1) is 0 Å². The van der Waals surface area contributed by atoms with Gasteiger partial charge in [0, 0.05) is 13.0 Å². The van der Waals surface area contributed by atoms with E-state index in [1.54, 1.807) is 13.0 Å². The normalized spacial score (nSPS) is 21.3. The molecule has 2 atom stereocenters. The maximum absolute atomic E-state index is 11.3. The Morgan fingerprint density at radius 1 is 1.57 bits per heavy atom. The van der Waals surface area contributed by atoms with Gasteiger partial charge in [0.2, 0.25) is 0 Å². The van der Waals surface area contributed by atoms with Crippen molar-refractivity contribution in [2.75, 3.05) is 18.1 Å². The van der Waals surface area contributed by atoms with Crippen LogP contribution in [-0.2, 0) is 4.79 Å². The molecule has 1 saturated heterocycles. The number of aliphatic hydroxyl groups excluding tert-OH is 1. The van der Waals surface area contributed by atoms with Crippen molar-refractivity contribution in [2.45, 2.75) is 25.5 Å². The number of carbonyl (C=O) groups is 1. The number of rotatable bonds is 5. The van der Waals surface area contributed by atoms with Crippen LogP contribution in [0.5, 0.6) is 5.75 Å². The van der Waals surface area contributed by atoms with E-state index in [9.17, 15) is 25.1 Å². The van der Waals surface area contributed by atoms with Gasteiger partial charge in [0.25, 0.3) is 0 Å². The fraction of sp³-hybridized carbons (Fsp3) is 0.462. The number of anilines is 1. The molecule has 21 heavy (non-hydrogen) atoms. The topological polar surface area (TPSA) is 113 Å². The summed E-state index contributed by atoms with van der Waals surface area (Å²) in [6.07, 6.45) is -0.799. The first-order valence-electron chi connectivity index (χ1n) is 6.53. The molecule has 2 rings (SSSR count). The molecule has 0 aliphatic carbocycles. The van der Waals surface area contributed by atoms with Gasteiger partial charge in [-0.1, -0.05) is 6.07 Å². The second-order valence-corrected chi connectivity index (χ2v) is 4.71. The highest BCUT2D eigenvalue weighted by atomic mass is 16.6. The second kappa shape index (κ2) is 5.96. The van der Waals surface area contributed by atoms with Crippen LogP contribution in [0, 0.1) is 10.1 Å². The smallest absolute Gasteiger partial charge is 0.333 e. The Morgan fingerprint density at radius 2 is 2.29 bits per heavy atom. The van der Waals surface area contributed by atoms with Gasteiger partial charge >= 0.3 is 11.7 Å². The number of hydrogen-bond donors (Lipinski definition) is 2. The van der Waals surface area contributed by atoms with E-state index in [4.69, 9.17) is 4.74 Å². The van der Waals surface area contributed by atoms with Gasteiger partial charge in [0.15, 0.2) is 5.75 Å². The van der Waals surface area contributed by atoms with E-state index in [1.807, 2.05) is 0 Å². The molecule has 1 aliphatic rings. The molecule has 1 aromatic carbocycles. The van der Waals surface area contributed by atoms with Crippen molar-refractivity contribution in [3.8, 4) is 5.75 Å². The van der Waals surface area contributed by atoms with E-state index in [-0.39, 0.29) is 36.7 Å². The number of aliphatic hydroxyl groups is 1. The Bertz CT molecular complexity index is 562. The predicted octanol–water partition coefficient (Wildman–Crippen LogP) is 1.02. The first-order valence-corrected chi connectivity index (χ1v) is 6.53. The van der Waals surface area contributed by atoms with Crippen LogP contribution in [0.1, 0.15) is 13.3 Å². The van der Waals surface area contributed by atoms with Crippen LogP contribution in [0.4, 0.5) is 11.4 Å². The zero-order valence-electron chi connectivity index (χ0n) is 11.4. The molecule has 0 spiro atoms. The van der Waals surface area contributed by atoms with Gasteiger partial charge in [0.05, 0.1) is 17.6 Å². The third-order valence-corrected chi connectivity index (χ3v) is 3.33. The summed E-state index contributed by atoms with van der Waals surface area (Å²) in [5.41, 5.74) is -0.130. The quantitative estimate of drug-likeness (QED) is 0.616. The molecule has 0 radical (unpaired) electrons. The molecule has 2 N–H and O–H groups in total. The van der Waals surface area contributed by atoms with E-state index in [0.717, 1.165) is 0 Å². The van der Waals surface area contributed by atoms with Crippen molar-refractivity contribution in [1.82, 2.24) is 0 Å². The predicted molar refractivity (Wildman–Crippen MR) is 73.7 cm³/mol. The molecule has 0 bridgehead atoms. The Morgan fingerprint density at radius 3 is 2.86 bits per heavy atom. The van der Waals surface area contributed by atoms with Crippen LogP contribution in [0.25, 0.3) is 0 Å². The standard InChI is InChI=1S/C13H16N2O6/c1-2-21-11-5-3-4-9(12(11)15(19)20)14-7-8(16)6-10(14)13(17)18/h3-5,8,10,16H,2,6-7H2,1H3,(H,17,18). The molecule has 0 saturated carbocycles. The molecule has 1 aromatic rings. The number of ether oxygens (including phenoxy) is 1. The number of carboxylic acid groups (broad SMARTS) is 1. The number of hydrogen-bond acceptors (Lipinski definition) is 6. The highest BCUT2D eigenvalue weighted by Crippen LogP contribution is 2.40. The zero-order valence-corrected chi connectivity index (χ0v) is 11.4. The largest absolute Gasteiger partial charge is 0.487 e. The van der Waals surface area contributed by atoms with E-state index in [0.29, 0.717) is 0 Å². The fourth-order valence-electron chi connectivity index (χ4n) is 2.51. The third-order valence-electron chi connectivity index (χ3n) is 3.33. The van der Waals surface area contributed by atoms with Gasteiger partial charge in [-0.25, -0.2) is 4.79 Å². The van der Waals surface area contributed by atoms with E-state index < -0.39 is 23.0 Å². The number of benzene rings is 1. The number of carboxylic acids is 1. The van der Waals surface area contributed by atoms with Crippen molar-refractivity contribution >= 4 is 17.3 Å². The van der Waals surface area contributed by atoms with Gasteiger partial charge in [-0.2, -0.15) is 0 Å². The fourth-order valence-corrected chi connectivity index (χ4v) is 2.51. The minimum Gasteiger partial charge on any atom is -0.487 e. The van der Waals surface area contributed by atoms with Crippen LogP contribution in [-0.4, -0.2) is 46.4 Å². The summed E-state index contributed by atoms with van der Waals surface area (Å²) in [6, 6.07) is 3.51. The Kier molecular flexibility index (Phi) is 4.27. The molecular weight excluding hydrogens is 280 g/mol. The summed E-state index contributed by atoms with van der Waals surface area (Å²) in [7, 11) is 0. The van der Waals surface area contributed by atoms with Gasteiger partial charge < -0.3 is 19.8 Å². The van der Waals surface area contributed by atoms with Crippen molar-refractivity contribution in [3.05, 3.63) is 28.3 Å². The Balaban J connectivity index is 2.49. The molecule has 0 amide bonds. The lowest BCUT2D eigenvalue weighted by molar-refractivity contribution is -0.385. The van der Waals surface area contributed by atoms with Crippen molar-refractivity contribution in [3.63, 3.8) is 0 Å². The number of β-amino-alcohol motifs (C(OH)–C–C–N with tert-alkyl or cyclic N) is 1. The number of nitrogens with zero attached hydrogens (tertiary/aromatic N) is 2. The first kappa shape index (κ1) is 15.0. The molecule has 1 fully saturated rings. The summed E-state index contributed by atoms with van der Waals surface area (Å²) in [5.74, 6) is -1.03. The highest BCUT2D eigenvalue weighted by molar-refractivity contribution is 5.82. The van der Waals surface area contributed by atoms with Crippen LogP contribution in [0.15, 0.2) is 18.2 Å². The average Bonchev–Trinajstić information content (AvgIpc) is 2.81. The summed E-state index contributed by atoms with van der Waals surface area (Å²) >= 11 is 0. The van der Waals surface area contributed by atoms with Crippen molar-refractivity contribution in [2.24, 2.45) is 0 Å². The lowest BCUT2D eigenvalue weighted by Crippen LogP contribution is -2.36. The SMILES string of the molecule is CCOc1cccc(N2CC(O)CC2C(=O)O)c1[N+](=O)[O-]. The number of nitro benzene ring substituents is 1. The van der Waals surface area contributed by atoms with Gasteiger partial charge in [-0.3, -0.25) is 10.1 Å². The maximum Gasteiger partial charge on any atom is 0.333 e. The second-order valence-electron chi connectivity index (χ2n) is 4.71. The molecule has 2 unspecified atom stereocenters. The molecule has 1 heterocycles. The minimum absolute atomic E-state index is 0.0331. The van der Waals surface area contributed by atoms with Gasteiger partial charge in [0.1, 0.15) is 11.7 Å². The van der Waals surface area contributed by atoms with E-state index in [2.05, 4.69) is 0 Å². The zero-order chi connectivity index (χ0) is 15.6. The van der Waals surface area contributed by atoms with Crippen LogP contribution in [0.3, 0.4) is 0 Å². The highest BCUT2D eigenvalue weighted by Gasteiger charge is 2.39. The Labute approximate surface area is 120 Å². The number of aliphatic carboxylic acids is 1. The first-order chi connectivity index (χ1) is 9.95. The number of nitro groups is 1. The molecule has 1 aliphatic heterocycles. The molecular formula is C13H16N2O6. The van der Waals surface area contributed by atoms with E-state index >= 15 is 0 Å².